The van der Waals surface area contributed by atoms with E-state index in [1.165, 1.54) is 12.1 Å². The van der Waals surface area contributed by atoms with E-state index in [-0.39, 0.29) is 45.3 Å². The summed E-state index contributed by atoms with van der Waals surface area (Å²) in [6.07, 6.45) is 2.03. The highest BCUT2D eigenvalue weighted by atomic mass is 16.3. The molecule has 0 amide bonds. The number of hydrogen-bond acceptors (Lipinski definition) is 6. The van der Waals surface area contributed by atoms with E-state index in [1.807, 2.05) is 30.3 Å². The molecule has 0 saturated carbocycles. The Hall–Kier alpha value is -4.58. The van der Waals surface area contributed by atoms with Gasteiger partial charge in [0.05, 0.1) is 0 Å². The molecule has 0 fully saturated rings. The first-order valence-electron chi connectivity index (χ1n) is 17.4. The predicted octanol–water partition coefficient (Wildman–Crippen LogP) is 10.6. The zero-order valence-electron chi connectivity index (χ0n) is 31.6. The molecule has 6 heteroatoms. The van der Waals surface area contributed by atoms with Crippen LogP contribution in [0, 0.1) is 0 Å². The third kappa shape index (κ3) is 6.77. The van der Waals surface area contributed by atoms with Crippen molar-refractivity contribution in [2.45, 2.75) is 117 Å². The van der Waals surface area contributed by atoms with Crippen molar-refractivity contribution in [3.05, 3.63) is 105 Å². The van der Waals surface area contributed by atoms with Gasteiger partial charge in [0.1, 0.15) is 34.5 Å². The highest BCUT2D eigenvalue weighted by Gasteiger charge is 2.43. The van der Waals surface area contributed by atoms with Gasteiger partial charge in [-0.1, -0.05) is 101 Å². The fourth-order valence-electron chi connectivity index (χ4n) is 7.44. The van der Waals surface area contributed by atoms with Crippen molar-refractivity contribution < 1.29 is 30.6 Å². The molecule has 0 aromatic heterocycles. The van der Waals surface area contributed by atoms with Crippen molar-refractivity contribution in [3.8, 4) is 34.5 Å². The van der Waals surface area contributed by atoms with Gasteiger partial charge in [0.25, 0.3) is 0 Å². The van der Waals surface area contributed by atoms with E-state index in [0.717, 1.165) is 39.0 Å². The molecule has 4 aromatic rings. The maximum Gasteiger partial charge on any atom is 0.123 e. The molecule has 4 aromatic carbocycles. The molecule has 1 aliphatic carbocycles. The van der Waals surface area contributed by atoms with Crippen molar-refractivity contribution in [2.24, 2.45) is 0 Å². The second-order valence-corrected chi connectivity index (χ2v) is 18.2. The van der Waals surface area contributed by atoms with Crippen molar-refractivity contribution in [2.75, 3.05) is 0 Å². The molecule has 0 saturated heterocycles. The van der Waals surface area contributed by atoms with Crippen molar-refractivity contribution in [1.29, 1.82) is 0 Å². The lowest BCUT2D eigenvalue weighted by Crippen LogP contribution is -2.19. The molecule has 6 nitrogen and oxygen atoms in total. The van der Waals surface area contributed by atoms with Gasteiger partial charge in [-0.3, -0.25) is 0 Å². The minimum atomic E-state index is -0.550. The Kier molecular flexibility index (Phi) is 8.83. The molecule has 1 aliphatic rings. The highest BCUT2D eigenvalue weighted by molar-refractivity contribution is 5.93. The molecule has 50 heavy (non-hydrogen) atoms. The van der Waals surface area contributed by atoms with Crippen LogP contribution < -0.4 is 0 Å². The normalized spacial score (nSPS) is 17.7. The lowest BCUT2D eigenvalue weighted by atomic mass is 9.73. The summed E-state index contributed by atoms with van der Waals surface area (Å²) in [7, 11) is 0. The maximum atomic E-state index is 11.7. The zero-order chi connectivity index (χ0) is 37.5. The Labute approximate surface area is 297 Å². The molecule has 0 bridgehead atoms. The minimum Gasteiger partial charge on any atom is -0.508 e. The number of aromatic hydroxyl groups is 6. The van der Waals surface area contributed by atoms with Crippen molar-refractivity contribution >= 4 is 11.6 Å². The molecule has 266 valence electrons. The van der Waals surface area contributed by atoms with Gasteiger partial charge in [0, 0.05) is 40.7 Å². The van der Waals surface area contributed by atoms with Crippen LogP contribution in [0.5, 0.6) is 34.5 Å². The van der Waals surface area contributed by atoms with E-state index in [9.17, 15) is 30.6 Å². The van der Waals surface area contributed by atoms with Crippen molar-refractivity contribution in [3.63, 3.8) is 0 Å². The Morgan fingerprint density at radius 2 is 0.820 bits per heavy atom. The number of phenolic OH excluding ortho intramolecular Hbond substituents is 6. The smallest absolute Gasteiger partial charge is 0.123 e. The van der Waals surface area contributed by atoms with Crippen LogP contribution in [-0.4, -0.2) is 30.6 Å². The molecule has 0 aliphatic heterocycles. The monoisotopic (exact) mass is 678 g/mol. The van der Waals surface area contributed by atoms with Gasteiger partial charge in [0.15, 0.2) is 0 Å². The molecule has 0 spiro atoms. The summed E-state index contributed by atoms with van der Waals surface area (Å²) in [5, 5.41) is 67.3. The van der Waals surface area contributed by atoms with Gasteiger partial charge in [-0.05, 0) is 90.9 Å². The third-order valence-corrected chi connectivity index (χ3v) is 9.90. The number of rotatable bonds is 3. The standard InChI is InChI=1S/C44H54O6/c1-41(2,3)31-14-23(15-32(39(31)49)42(4,5)6)13-29-30-21-28(47)22-35(48)38(30)37(36(29)24-16-26(45)20-27(46)17-24)25-18-33(43(7,8)9)40(50)34(19-25)44(10,11)12/h13-22,36-37,45-50H,1-12H3/b29-13+/t36-,37+/m0/s1. The predicted molar refractivity (Wildman–Crippen MR) is 203 cm³/mol. The average molecular weight is 679 g/mol. The summed E-state index contributed by atoms with van der Waals surface area (Å²) >= 11 is 0. The second-order valence-electron chi connectivity index (χ2n) is 18.2. The summed E-state index contributed by atoms with van der Waals surface area (Å²) in [5.74, 6) is -0.986. The first-order valence-corrected chi connectivity index (χ1v) is 17.4. The van der Waals surface area contributed by atoms with Crippen molar-refractivity contribution in [1.82, 2.24) is 0 Å². The molecule has 2 atom stereocenters. The van der Waals surface area contributed by atoms with E-state index in [2.05, 4.69) is 83.1 Å². The molecular weight excluding hydrogens is 624 g/mol. The number of hydrogen-bond donors (Lipinski definition) is 6. The van der Waals surface area contributed by atoms with Crippen LogP contribution in [0.4, 0.5) is 0 Å². The van der Waals surface area contributed by atoms with E-state index in [0.29, 0.717) is 16.7 Å². The van der Waals surface area contributed by atoms with Crippen LogP contribution in [-0.2, 0) is 21.7 Å². The summed E-state index contributed by atoms with van der Waals surface area (Å²) in [4.78, 5) is 0. The lowest BCUT2D eigenvalue weighted by molar-refractivity contribution is 0.421. The first-order chi connectivity index (χ1) is 22.8. The fourth-order valence-corrected chi connectivity index (χ4v) is 7.44. The molecule has 0 radical (unpaired) electrons. The van der Waals surface area contributed by atoms with E-state index in [4.69, 9.17) is 0 Å². The first kappa shape index (κ1) is 36.7. The Morgan fingerprint density at radius 3 is 1.24 bits per heavy atom. The summed E-state index contributed by atoms with van der Waals surface area (Å²) in [6.45, 7) is 24.7. The number of fused-ring (bicyclic) bond motifs is 1. The minimum absolute atomic E-state index is 0.0815. The molecule has 6 N–H and O–H groups in total. The van der Waals surface area contributed by atoms with Gasteiger partial charge in [0.2, 0.25) is 0 Å². The van der Waals surface area contributed by atoms with Crippen LogP contribution in [0.2, 0.25) is 0 Å². The van der Waals surface area contributed by atoms with E-state index >= 15 is 0 Å². The maximum absolute atomic E-state index is 11.7. The Balaban J connectivity index is 1.95. The molecular formula is C44H54O6. The Morgan fingerprint density at radius 1 is 0.440 bits per heavy atom. The van der Waals surface area contributed by atoms with Gasteiger partial charge < -0.3 is 30.6 Å². The zero-order valence-corrected chi connectivity index (χ0v) is 31.6. The topological polar surface area (TPSA) is 121 Å². The van der Waals surface area contributed by atoms with E-state index < -0.39 is 22.7 Å². The van der Waals surface area contributed by atoms with Gasteiger partial charge in [-0.25, -0.2) is 0 Å². The summed E-state index contributed by atoms with van der Waals surface area (Å²) in [6, 6.07) is 15.5. The number of phenols is 6. The van der Waals surface area contributed by atoms with Crippen LogP contribution in [0.15, 0.2) is 54.6 Å². The van der Waals surface area contributed by atoms with Crippen LogP contribution >= 0.6 is 0 Å². The number of allylic oxidation sites excluding steroid dienone is 1. The average Bonchev–Trinajstić information content (AvgIpc) is 3.25. The second kappa shape index (κ2) is 12.0. The Bertz CT molecular complexity index is 1910. The quantitative estimate of drug-likeness (QED) is 0.128. The van der Waals surface area contributed by atoms with Gasteiger partial charge in [-0.15, -0.1) is 0 Å². The number of benzene rings is 4. The van der Waals surface area contributed by atoms with Gasteiger partial charge in [-0.2, -0.15) is 0 Å². The summed E-state index contributed by atoms with van der Waals surface area (Å²) in [5.41, 5.74) is 5.78. The van der Waals surface area contributed by atoms with Crippen LogP contribution in [0.3, 0.4) is 0 Å². The fraction of sp³-hybridized carbons (Fsp3) is 0.409. The molecule has 5 rings (SSSR count). The lowest BCUT2D eigenvalue weighted by Gasteiger charge is -2.31. The van der Waals surface area contributed by atoms with Crippen LogP contribution in [0.25, 0.3) is 11.6 Å². The third-order valence-electron chi connectivity index (χ3n) is 9.90. The molecule has 0 heterocycles. The SMILES string of the molecule is CC(C)(C)c1cc(/C=C2\c3cc(O)cc(O)c3[C@H](c3cc(C(C)(C)C)c(O)c(C(C)(C)C)c3)[C@H]2c2cc(O)cc(O)c2)cc(C(C)(C)C)c1O. The van der Waals surface area contributed by atoms with E-state index in [1.54, 1.807) is 18.2 Å². The molecule has 0 unspecified atom stereocenters. The largest absolute Gasteiger partial charge is 0.508 e. The highest BCUT2D eigenvalue weighted by Crippen LogP contribution is 2.60. The summed E-state index contributed by atoms with van der Waals surface area (Å²) < 4.78 is 0. The van der Waals surface area contributed by atoms with Crippen LogP contribution in [0.1, 0.15) is 145 Å². The van der Waals surface area contributed by atoms with Gasteiger partial charge >= 0.3 is 0 Å².